The van der Waals surface area contributed by atoms with Gasteiger partial charge in [0.05, 0.1) is 24.2 Å². The molecule has 148 valence electrons. The number of rotatable bonds is 7. The highest BCUT2D eigenvalue weighted by molar-refractivity contribution is 7.92. The van der Waals surface area contributed by atoms with Crippen molar-refractivity contribution in [1.29, 1.82) is 5.26 Å². The van der Waals surface area contributed by atoms with Crippen LogP contribution in [0.3, 0.4) is 0 Å². The van der Waals surface area contributed by atoms with Crippen molar-refractivity contribution in [3.63, 3.8) is 0 Å². The van der Waals surface area contributed by atoms with E-state index in [1.54, 1.807) is 13.8 Å². The molecule has 0 unspecified atom stereocenters. The average Bonchev–Trinajstić information content (AvgIpc) is 2.96. The number of esters is 1. The summed E-state index contributed by atoms with van der Waals surface area (Å²) >= 11 is 0.873. The second kappa shape index (κ2) is 8.86. The third-order valence-electron chi connectivity index (χ3n) is 3.71. The molecule has 28 heavy (non-hydrogen) atoms. The van der Waals surface area contributed by atoms with Crippen molar-refractivity contribution in [3.8, 4) is 11.8 Å². The molecule has 0 fully saturated rings. The van der Waals surface area contributed by atoms with Crippen LogP contribution in [0.2, 0.25) is 0 Å². The Morgan fingerprint density at radius 1 is 1.25 bits per heavy atom. The van der Waals surface area contributed by atoms with E-state index in [9.17, 15) is 23.3 Å². The van der Waals surface area contributed by atoms with Crippen LogP contribution >= 0.6 is 11.3 Å². The van der Waals surface area contributed by atoms with E-state index in [1.807, 2.05) is 6.07 Å². The van der Waals surface area contributed by atoms with E-state index < -0.39 is 27.5 Å². The highest BCUT2D eigenvalue weighted by Crippen LogP contribution is 2.33. The lowest BCUT2D eigenvalue weighted by molar-refractivity contribution is -0.113. The van der Waals surface area contributed by atoms with Crippen molar-refractivity contribution in [2.24, 2.45) is 0 Å². The van der Waals surface area contributed by atoms with Gasteiger partial charge in [0.15, 0.2) is 9.84 Å². The van der Waals surface area contributed by atoms with E-state index in [1.165, 1.54) is 31.4 Å². The Labute approximate surface area is 166 Å². The van der Waals surface area contributed by atoms with Gasteiger partial charge in [-0.3, -0.25) is 4.79 Å². The number of nitriles is 1. The molecule has 0 bridgehead atoms. The third-order valence-corrected chi connectivity index (χ3v) is 6.53. The molecule has 1 N–H and O–H groups in total. The third kappa shape index (κ3) is 4.68. The first kappa shape index (κ1) is 21.4. The highest BCUT2D eigenvalue weighted by atomic mass is 32.2. The smallest absolute Gasteiger partial charge is 0.348 e. The van der Waals surface area contributed by atoms with Gasteiger partial charge in [-0.25, -0.2) is 13.2 Å². The van der Waals surface area contributed by atoms with Crippen LogP contribution in [0, 0.1) is 18.3 Å². The number of hydrogen-bond donors (Lipinski definition) is 1. The number of benzene rings is 1. The lowest BCUT2D eigenvalue weighted by Gasteiger charge is -2.06. The second-order valence-corrected chi connectivity index (χ2v) is 8.59. The topological polar surface area (TPSA) is 123 Å². The maximum absolute atomic E-state index is 12.4. The quantitative estimate of drug-likeness (QED) is 0.680. The van der Waals surface area contributed by atoms with Crippen molar-refractivity contribution in [3.05, 3.63) is 40.3 Å². The fourth-order valence-electron chi connectivity index (χ4n) is 2.33. The monoisotopic (exact) mass is 422 g/mol. The Morgan fingerprint density at radius 3 is 2.43 bits per heavy atom. The van der Waals surface area contributed by atoms with Crippen molar-refractivity contribution < 1.29 is 27.5 Å². The summed E-state index contributed by atoms with van der Waals surface area (Å²) in [7, 11) is -2.43. The molecule has 1 aromatic carbocycles. The number of methoxy groups -OCH3 is 1. The molecule has 2 rings (SSSR count). The summed E-state index contributed by atoms with van der Waals surface area (Å²) in [4.78, 5) is 24.4. The van der Waals surface area contributed by atoms with Crippen molar-refractivity contribution in [2.75, 3.05) is 24.8 Å². The second-order valence-electron chi connectivity index (χ2n) is 5.58. The van der Waals surface area contributed by atoms with E-state index >= 15 is 0 Å². The maximum Gasteiger partial charge on any atom is 0.348 e. The van der Waals surface area contributed by atoms with Crippen molar-refractivity contribution in [2.45, 2.75) is 18.7 Å². The average molecular weight is 422 g/mol. The number of nitrogens with one attached hydrogen (secondary N) is 1. The molecular weight excluding hydrogens is 404 g/mol. The fourth-order valence-corrected chi connectivity index (χ4v) is 4.53. The van der Waals surface area contributed by atoms with Gasteiger partial charge in [0, 0.05) is 0 Å². The fraction of sp³-hybridized carbons (Fsp3) is 0.278. The van der Waals surface area contributed by atoms with Crippen LogP contribution in [0.4, 0.5) is 5.00 Å². The van der Waals surface area contributed by atoms with Crippen LogP contribution in [0.1, 0.15) is 27.7 Å². The van der Waals surface area contributed by atoms with E-state index in [-0.39, 0.29) is 26.9 Å². The molecule has 10 heteroatoms. The number of ether oxygens (including phenoxy) is 2. The minimum atomic E-state index is -3.89. The molecule has 1 aromatic heterocycles. The van der Waals surface area contributed by atoms with E-state index in [4.69, 9.17) is 9.47 Å². The van der Waals surface area contributed by atoms with Gasteiger partial charge in [-0.1, -0.05) is 0 Å². The number of anilines is 1. The molecule has 2 aromatic rings. The van der Waals surface area contributed by atoms with Crippen LogP contribution in [-0.4, -0.2) is 39.8 Å². The molecule has 0 aliphatic heterocycles. The SMILES string of the molecule is CCOC(=O)c1sc(NC(=O)CS(=O)(=O)c2ccc(OC)cc2)c(C#N)c1C. The number of thiophene rings is 1. The molecule has 0 saturated heterocycles. The molecule has 0 saturated carbocycles. The van der Waals surface area contributed by atoms with E-state index in [2.05, 4.69) is 5.32 Å². The molecule has 0 spiro atoms. The van der Waals surface area contributed by atoms with Crippen LogP contribution in [0.5, 0.6) is 5.75 Å². The van der Waals surface area contributed by atoms with Gasteiger partial charge in [0.25, 0.3) is 0 Å². The maximum atomic E-state index is 12.4. The Bertz CT molecular complexity index is 1030. The standard InChI is InChI=1S/C18H18N2O6S2/c1-4-26-18(22)16-11(2)14(9-19)17(27-16)20-15(21)10-28(23,24)13-7-5-12(25-3)6-8-13/h5-8H,4,10H2,1-3H3,(H,20,21). The molecule has 0 atom stereocenters. The Hall–Kier alpha value is -2.90. The molecule has 1 amide bonds. The normalized spacial score (nSPS) is 10.8. The van der Waals surface area contributed by atoms with Crippen molar-refractivity contribution >= 4 is 38.1 Å². The molecular formula is C18H18N2O6S2. The number of carbonyl (C=O) groups excluding carboxylic acids is 2. The van der Waals surface area contributed by atoms with E-state index in [0.29, 0.717) is 11.3 Å². The van der Waals surface area contributed by atoms with E-state index in [0.717, 1.165) is 11.3 Å². The number of hydrogen-bond acceptors (Lipinski definition) is 8. The van der Waals surface area contributed by atoms with Gasteiger partial charge in [-0.05, 0) is 43.7 Å². The summed E-state index contributed by atoms with van der Waals surface area (Å²) in [6.07, 6.45) is 0. The number of nitrogens with zero attached hydrogens (tertiary/aromatic N) is 1. The zero-order valence-corrected chi connectivity index (χ0v) is 17.1. The Kier molecular flexibility index (Phi) is 6.77. The van der Waals surface area contributed by atoms with Crippen LogP contribution < -0.4 is 10.1 Å². The summed E-state index contributed by atoms with van der Waals surface area (Å²) in [5, 5.41) is 11.8. The Balaban J connectivity index is 2.21. The predicted molar refractivity (Wildman–Crippen MR) is 103 cm³/mol. The van der Waals surface area contributed by atoms with Crippen LogP contribution in [0.15, 0.2) is 29.2 Å². The highest BCUT2D eigenvalue weighted by Gasteiger charge is 2.24. The van der Waals surface area contributed by atoms with Crippen LogP contribution in [0.25, 0.3) is 0 Å². The number of carbonyl (C=O) groups is 2. The summed E-state index contributed by atoms with van der Waals surface area (Å²) < 4.78 is 34.7. The largest absolute Gasteiger partial charge is 0.497 e. The molecule has 0 radical (unpaired) electrons. The number of amides is 1. The van der Waals surface area contributed by atoms with Gasteiger partial charge in [0.1, 0.15) is 27.4 Å². The zero-order chi connectivity index (χ0) is 20.9. The summed E-state index contributed by atoms with van der Waals surface area (Å²) in [6.45, 7) is 3.38. The first-order chi connectivity index (χ1) is 13.2. The van der Waals surface area contributed by atoms with Crippen LogP contribution in [-0.2, 0) is 19.4 Å². The number of sulfone groups is 1. The van der Waals surface area contributed by atoms with Gasteiger partial charge in [0.2, 0.25) is 5.91 Å². The zero-order valence-electron chi connectivity index (χ0n) is 15.4. The first-order valence-electron chi connectivity index (χ1n) is 8.10. The summed E-state index contributed by atoms with van der Waals surface area (Å²) in [5.74, 6) is -1.74. The van der Waals surface area contributed by atoms with Gasteiger partial charge >= 0.3 is 5.97 Å². The lowest BCUT2D eigenvalue weighted by atomic mass is 10.2. The van der Waals surface area contributed by atoms with Gasteiger partial charge < -0.3 is 14.8 Å². The van der Waals surface area contributed by atoms with Crippen molar-refractivity contribution in [1.82, 2.24) is 0 Å². The molecule has 0 aliphatic carbocycles. The lowest BCUT2D eigenvalue weighted by Crippen LogP contribution is -2.23. The predicted octanol–water partition coefficient (Wildman–Crippen LogP) is 2.53. The van der Waals surface area contributed by atoms with Gasteiger partial charge in [-0.15, -0.1) is 11.3 Å². The molecule has 1 heterocycles. The molecule has 8 nitrogen and oxygen atoms in total. The first-order valence-corrected chi connectivity index (χ1v) is 10.6. The minimum absolute atomic E-state index is 0.0291. The minimum Gasteiger partial charge on any atom is -0.497 e. The summed E-state index contributed by atoms with van der Waals surface area (Å²) in [5.41, 5.74) is 0.475. The summed E-state index contributed by atoms with van der Waals surface area (Å²) in [6, 6.07) is 7.56. The molecule has 0 aliphatic rings. The Morgan fingerprint density at radius 2 is 1.89 bits per heavy atom. The van der Waals surface area contributed by atoms with Gasteiger partial charge in [-0.2, -0.15) is 5.26 Å².